The number of benzene rings is 1. The summed E-state index contributed by atoms with van der Waals surface area (Å²) in [4.78, 5) is 45.5. The van der Waals surface area contributed by atoms with Gasteiger partial charge in [-0.05, 0) is 37.5 Å². The number of urea groups is 1. The fraction of sp³-hybridized carbons (Fsp3) is 0.591. The molecule has 3 aliphatic rings. The molecule has 0 atom stereocenters. The molecule has 29 heavy (non-hydrogen) atoms. The van der Waals surface area contributed by atoms with E-state index in [9.17, 15) is 14.4 Å². The van der Waals surface area contributed by atoms with Crippen LogP contribution in [0.4, 0.5) is 10.5 Å². The van der Waals surface area contributed by atoms with Gasteiger partial charge in [0.25, 0.3) is 5.91 Å². The maximum Gasteiger partial charge on any atom is 0.327 e. The molecule has 0 bridgehead atoms. The van der Waals surface area contributed by atoms with Gasteiger partial charge in [0.1, 0.15) is 12.1 Å². The van der Waals surface area contributed by atoms with Crippen LogP contribution in [0.15, 0.2) is 24.3 Å². The van der Waals surface area contributed by atoms with Crippen molar-refractivity contribution in [2.24, 2.45) is 0 Å². The summed E-state index contributed by atoms with van der Waals surface area (Å²) in [6, 6.07) is 8.03. The number of hydrogen-bond donors (Lipinski definition) is 0. The molecule has 4 rings (SSSR count). The molecule has 0 N–H and O–H groups in total. The Morgan fingerprint density at radius 1 is 1.03 bits per heavy atom. The third-order valence-electron chi connectivity index (χ3n) is 6.78. The first-order chi connectivity index (χ1) is 13.9. The topological polar surface area (TPSA) is 64.2 Å². The number of rotatable bonds is 3. The van der Waals surface area contributed by atoms with Gasteiger partial charge in [-0.2, -0.15) is 0 Å². The molecule has 1 saturated carbocycles. The SMILES string of the molecule is Cc1cccc(N2CCN(C(=O)CN3C(=O)N(C)C4(CCCCC4)C3=O)CC2)c1. The van der Waals surface area contributed by atoms with Crippen LogP contribution in [0.5, 0.6) is 0 Å². The van der Waals surface area contributed by atoms with Crippen LogP contribution < -0.4 is 4.90 Å². The summed E-state index contributed by atoms with van der Waals surface area (Å²) in [6.07, 6.45) is 4.40. The summed E-state index contributed by atoms with van der Waals surface area (Å²) >= 11 is 0. The van der Waals surface area contributed by atoms with Gasteiger partial charge in [0.15, 0.2) is 0 Å². The van der Waals surface area contributed by atoms with Gasteiger partial charge in [0.05, 0.1) is 0 Å². The molecule has 1 spiro atoms. The van der Waals surface area contributed by atoms with Crippen molar-refractivity contribution < 1.29 is 14.4 Å². The Balaban J connectivity index is 1.37. The Morgan fingerprint density at radius 3 is 2.38 bits per heavy atom. The number of nitrogens with zero attached hydrogens (tertiary/aromatic N) is 4. The van der Waals surface area contributed by atoms with E-state index in [-0.39, 0.29) is 24.4 Å². The molecule has 7 nitrogen and oxygen atoms in total. The van der Waals surface area contributed by atoms with Gasteiger partial charge in [-0.3, -0.25) is 14.5 Å². The number of aryl methyl sites for hydroxylation is 1. The van der Waals surface area contributed by atoms with E-state index in [2.05, 4.69) is 30.0 Å². The van der Waals surface area contributed by atoms with E-state index in [1.807, 2.05) is 6.07 Å². The van der Waals surface area contributed by atoms with Crippen molar-refractivity contribution in [1.29, 1.82) is 0 Å². The second kappa shape index (κ2) is 7.69. The molecule has 2 heterocycles. The molecular weight excluding hydrogens is 368 g/mol. The molecule has 0 radical (unpaired) electrons. The summed E-state index contributed by atoms with van der Waals surface area (Å²) in [6.45, 7) is 4.63. The number of carbonyl (C=O) groups is 3. The van der Waals surface area contributed by atoms with Crippen LogP contribution in [0.2, 0.25) is 0 Å². The zero-order valence-electron chi connectivity index (χ0n) is 17.4. The van der Waals surface area contributed by atoms with Gasteiger partial charge in [0.2, 0.25) is 5.91 Å². The molecule has 1 aromatic carbocycles. The number of amides is 4. The van der Waals surface area contributed by atoms with Gasteiger partial charge in [-0.15, -0.1) is 0 Å². The highest BCUT2D eigenvalue weighted by molar-refractivity contribution is 6.09. The lowest BCUT2D eigenvalue weighted by molar-refractivity contribution is -0.140. The molecule has 4 amide bonds. The highest BCUT2D eigenvalue weighted by atomic mass is 16.2. The van der Waals surface area contributed by atoms with Crippen molar-refractivity contribution in [2.45, 2.75) is 44.6 Å². The predicted molar refractivity (Wildman–Crippen MR) is 111 cm³/mol. The zero-order valence-corrected chi connectivity index (χ0v) is 17.4. The Bertz CT molecular complexity index is 810. The van der Waals surface area contributed by atoms with Crippen LogP contribution in [0.3, 0.4) is 0 Å². The number of carbonyl (C=O) groups excluding carboxylic acids is 3. The molecule has 2 aliphatic heterocycles. The summed E-state index contributed by atoms with van der Waals surface area (Å²) in [5.74, 6) is -0.326. The minimum Gasteiger partial charge on any atom is -0.368 e. The highest BCUT2D eigenvalue weighted by Crippen LogP contribution is 2.39. The van der Waals surface area contributed by atoms with Crippen molar-refractivity contribution in [3.05, 3.63) is 29.8 Å². The van der Waals surface area contributed by atoms with E-state index in [1.54, 1.807) is 16.8 Å². The Labute approximate surface area is 172 Å². The monoisotopic (exact) mass is 398 g/mol. The molecule has 0 unspecified atom stereocenters. The fourth-order valence-electron chi connectivity index (χ4n) is 4.95. The Hall–Kier alpha value is -2.57. The van der Waals surface area contributed by atoms with Crippen molar-refractivity contribution >= 4 is 23.5 Å². The predicted octanol–water partition coefficient (Wildman–Crippen LogP) is 2.24. The minimum atomic E-state index is -0.723. The van der Waals surface area contributed by atoms with Crippen LogP contribution in [-0.2, 0) is 9.59 Å². The number of hydrogen-bond acceptors (Lipinski definition) is 4. The van der Waals surface area contributed by atoms with E-state index in [0.717, 1.165) is 32.4 Å². The number of likely N-dealkylation sites (N-methyl/N-ethyl adjacent to an activating group) is 1. The van der Waals surface area contributed by atoms with Gasteiger partial charge >= 0.3 is 6.03 Å². The Kier molecular flexibility index (Phi) is 5.23. The van der Waals surface area contributed by atoms with Gasteiger partial charge in [0, 0.05) is 38.9 Å². The number of piperazine rings is 1. The largest absolute Gasteiger partial charge is 0.368 e. The molecule has 0 aromatic heterocycles. The second-order valence-corrected chi connectivity index (χ2v) is 8.53. The van der Waals surface area contributed by atoms with Gasteiger partial charge in [-0.25, -0.2) is 4.79 Å². The molecule has 3 fully saturated rings. The van der Waals surface area contributed by atoms with E-state index in [0.29, 0.717) is 25.9 Å². The maximum absolute atomic E-state index is 13.1. The van der Waals surface area contributed by atoms with E-state index in [4.69, 9.17) is 0 Å². The molecule has 156 valence electrons. The van der Waals surface area contributed by atoms with Gasteiger partial charge < -0.3 is 14.7 Å². The van der Waals surface area contributed by atoms with E-state index in [1.165, 1.54) is 16.2 Å². The first-order valence-electron chi connectivity index (χ1n) is 10.6. The maximum atomic E-state index is 13.1. The number of imide groups is 1. The molecule has 7 heteroatoms. The smallest absolute Gasteiger partial charge is 0.327 e. The average Bonchev–Trinajstić information content (AvgIpc) is 2.91. The summed E-state index contributed by atoms with van der Waals surface area (Å²) < 4.78 is 0. The van der Waals surface area contributed by atoms with Crippen molar-refractivity contribution in [1.82, 2.24) is 14.7 Å². The first kappa shape index (κ1) is 19.7. The van der Waals surface area contributed by atoms with E-state index < -0.39 is 5.54 Å². The standard InChI is InChI=1S/C22H30N4O3/c1-17-7-6-8-18(15-17)24-11-13-25(14-12-24)19(27)16-26-20(28)22(23(2)21(26)29)9-4-3-5-10-22/h6-8,15H,3-5,9-14,16H2,1-2H3. The molecule has 1 aliphatic carbocycles. The van der Waals surface area contributed by atoms with Crippen LogP contribution in [0.1, 0.15) is 37.7 Å². The molecule has 1 aromatic rings. The number of anilines is 1. The summed E-state index contributed by atoms with van der Waals surface area (Å²) in [5.41, 5.74) is 1.66. The third kappa shape index (κ3) is 3.47. The van der Waals surface area contributed by atoms with Crippen LogP contribution in [-0.4, -0.2) is 77.9 Å². The third-order valence-corrected chi connectivity index (χ3v) is 6.78. The van der Waals surface area contributed by atoms with Crippen LogP contribution in [0.25, 0.3) is 0 Å². The molecular formula is C22H30N4O3. The van der Waals surface area contributed by atoms with E-state index >= 15 is 0 Å². The first-order valence-corrected chi connectivity index (χ1v) is 10.6. The zero-order chi connectivity index (χ0) is 20.6. The lowest BCUT2D eigenvalue weighted by Gasteiger charge is -2.37. The normalized spacial score (nSPS) is 22.0. The van der Waals surface area contributed by atoms with Crippen molar-refractivity contribution in [2.75, 3.05) is 44.7 Å². The average molecular weight is 399 g/mol. The second-order valence-electron chi connectivity index (χ2n) is 8.53. The highest BCUT2D eigenvalue weighted by Gasteiger charge is 2.56. The van der Waals surface area contributed by atoms with Gasteiger partial charge in [-0.1, -0.05) is 31.4 Å². The van der Waals surface area contributed by atoms with Crippen LogP contribution in [0, 0.1) is 6.92 Å². The molecule has 2 saturated heterocycles. The van der Waals surface area contributed by atoms with Crippen molar-refractivity contribution in [3.63, 3.8) is 0 Å². The quantitative estimate of drug-likeness (QED) is 0.733. The van der Waals surface area contributed by atoms with Crippen molar-refractivity contribution in [3.8, 4) is 0 Å². The lowest BCUT2D eigenvalue weighted by atomic mass is 9.81. The summed E-state index contributed by atoms with van der Waals surface area (Å²) in [5, 5.41) is 0. The lowest BCUT2D eigenvalue weighted by Crippen LogP contribution is -2.52. The van der Waals surface area contributed by atoms with Crippen LogP contribution >= 0.6 is 0 Å². The fourth-order valence-corrected chi connectivity index (χ4v) is 4.95. The summed E-state index contributed by atoms with van der Waals surface area (Å²) in [7, 11) is 1.71. The Morgan fingerprint density at radius 2 is 1.72 bits per heavy atom. The minimum absolute atomic E-state index is 0.142.